The van der Waals surface area contributed by atoms with E-state index in [-0.39, 0.29) is 5.82 Å². The van der Waals surface area contributed by atoms with Gasteiger partial charge in [0.05, 0.1) is 0 Å². The van der Waals surface area contributed by atoms with Crippen LogP contribution in [-0.2, 0) is 6.18 Å². The Morgan fingerprint density at radius 1 is 1.36 bits per heavy atom. The van der Waals surface area contributed by atoms with Crippen LogP contribution in [0.4, 0.5) is 19.0 Å². The number of nitrogen functional groups attached to an aromatic ring is 1. The zero-order chi connectivity index (χ0) is 10.9. The molecule has 0 fully saturated rings. The molecular weight excluding hydrogens is 195 g/mol. The summed E-state index contributed by atoms with van der Waals surface area (Å²) in [5.74, 6) is -0.174. The standard InChI is InChI=1S/C8H10F3N3/c1-4(12)5-2-6(8(9,10)11)14-7(13)3-5/h2-4H,12H2,1H3,(H2,13,14)/t4-/m1/s1. The van der Waals surface area contributed by atoms with Crippen molar-refractivity contribution in [2.45, 2.75) is 19.1 Å². The van der Waals surface area contributed by atoms with Crippen molar-refractivity contribution in [1.82, 2.24) is 4.98 Å². The number of hydrogen-bond acceptors (Lipinski definition) is 3. The number of rotatable bonds is 1. The molecule has 4 N–H and O–H groups in total. The van der Waals surface area contributed by atoms with Gasteiger partial charge in [0.25, 0.3) is 0 Å². The number of alkyl halides is 3. The molecule has 0 aliphatic heterocycles. The van der Waals surface area contributed by atoms with Gasteiger partial charge in [-0.3, -0.25) is 0 Å². The van der Waals surface area contributed by atoms with E-state index in [1.54, 1.807) is 6.92 Å². The summed E-state index contributed by atoms with van der Waals surface area (Å²) in [7, 11) is 0. The van der Waals surface area contributed by atoms with Gasteiger partial charge in [-0.2, -0.15) is 13.2 Å². The number of nitrogens with two attached hydrogens (primary N) is 2. The summed E-state index contributed by atoms with van der Waals surface area (Å²) in [6.07, 6.45) is -4.49. The Kier molecular flexibility index (Phi) is 2.66. The van der Waals surface area contributed by atoms with Gasteiger partial charge in [-0.25, -0.2) is 4.98 Å². The first-order valence-electron chi connectivity index (χ1n) is 3.91. The van der Waals surface area contributed by atoms with Gasteiger partial charge in [0.1, 0.15) is 11.5 Å². The van der Waals surface area contributed by atoms with Gasteiger partial charge in [0, 0.05) is 6.04 Å². The third-order valence-corrected chi connectivity index (χ3v) is 1.68. The maximum atomic E-state index is 12.3. The van der Waals surface area contributed by atoms with Crippen LogP contribution in [0.25, 0.3) is 0 Å². The molecule has 0 saturated heterocycles. The molecule has 1 atom stereocenters. The molecule has 1 aromatic rings. The van der Waals surface area contributed by atoms with Crippen LogP contribution in [0.3, 0.4) is 0 Å². The first kappa shape index (κ1) is 10.8. The van der Waals surface area contributed by atoms with Gasteiger partial charge in [0.15, 0.2) is 0 Å². The highest BCUT2D eigenvalue weighted by Gasteiger charge is 2.33. The lowest BCUT2D eigenvalue weighted by atomic mass is 10.1. The topological polar surface area (TPSA) is 64.9 Å². The summed E-state index contributed by atoms with van der Waals surface area (Å²) in [5.41, 5.74) is 9.99. The van der Waals surface area contributed by atoms with Gasteiger partial charge >= 0.3 is 6.18 Å². The van der Waals surface area contributed by atoms with E-state index >= 15 is 0 Å². The monoisotopic (exact) mass is 205 g/mol. The smallest absolute Gasteiger partial charge is 0.384 e. The second-order valence-corrected chi connectivity index (χ2v) is 3.00. The van der Waals surface area contributed by atoms with Gasteiger partial charge in [-0.1, -0.05) is 0 Å². The average molecular weight is 205 g/mol. The minimum absolute atomic E-state index is 0.174. The maximum Gasteiger partial charge on any atom is 0.433 e. The molecule has 3 nitrogen and oxygen atoms in total. The summed E-state index contributed by atoms with van der Waals surface area (Å²) in [4.78, 5) is 3.18. The Balaban J connectivity index is 3.21. The molecule has 0 aliphatic rings. The Bertz CT molecular complexity index is 333. The fourth-order valence-electron chi connectivity index (χ4n) is 0.982. The van der Waals surface area contributed by atoms with E-state index in [2.05, 4.69) is 4.98 Å². The summed E-state index contributed by atoms with van der Waals surface area (Å²) in [6.45, 7) is 1.58. The summed E-state index contributed by atoms with van der Waals surface area (Å²) >= 11 is 0. The molecule has 6 heteroatoms. The van der Waals surface area contributed by atoms with Crippen molar-refractivity contribution in [2.24, 2.45) is 5.73 Å². The van der Waals surface area contributed by atoms with Crippen LogP contribution in [0, 0.1) is 0 Å². The van der Waals surface area contributed by atoms with Crippen molar-refractivity contribution in [3.63, 3.8) is 0 Å². The molecule has 1 rings (SSSR count). The Labute approximate surface area is 78.9 Å². The van der Waals surface area contributed by atoms with Crippen molar-refractivity contribution < 1.29 is 13.2 Å². The van der Waals surface area contributed by atoms with Crippen molar-refractivity contribution >= 4 is 5.82 Å². The second-order valence-electron chi connectivity index (χ2n) is 3.00. The van der Waals surface area contributed by atoms with E-state index in [0.29, 0.717) is 5.56 Å². The number of halogens is 3. The molecule has 0 aromatic carbocycles. The molecule has 0 saturated carbocycles. The molecule has 14 heavy (non-hydrogen) atoms. The van der Waals surface area contributed by atoms with Crippen LogP contribution in [-0.4, -0.2) is 4.98 Å². The third-order valence-electron chi connectivity index (χ3n) is 1.68. The number of hydrogen-bond donors (Lipinski definition) is 2. The SMILES string of the molecule is C[C@@H](N)c1cc(N)nc(C(F)(F)F)c1. The van der Waals surface area contributed by atoms with Crippen LogP contribution in [0.15, 0.2) is 12.1 Å². The summed E-state index contributed by atoms with van der Waals surface area (Å²) < 4.78 is 36.8. The molecule has 1 heterocycles. The Morgan fingerprint density at radius 3 is 2.36 bits per heavy atom. The van der Waals surface area contributed by atoms with Crippen molar-refractivity contribution in [2.75, 3.05) is 5.73 Å². The normalized spacial score (nSPS) is 14.1. The number of aromatic nitrogens is 1. The first-order valence-corrected chi connectivity index (χ1v) is 3.91. The van der Waals surface area contributed by atoms with Crippen molar-refractivity contribution in [3.8, 4) is 0 Å². The van der Waals surface area contributed by atoms with Crippen LogP contribution >= 0.6 is 0 Å². The third kappa shape index (κ3) is 2.35. The lowest BCUT2D eigenvalue weighted by Gasteiger charge is -2.11. The summed E-state index contributed by atoms with van der Waals surface area (Å²) in [5, 5.41) is 0. The van der Waals surface area contributed by atoms with Crippen LogP contribution in [0.1, 0.15) is 24.2 Å². The molecule has 1 aromatic heterocycles. The van der Waals surface area contributed by atoms with E-state index in [1.165, 1.54) is 6.07 Å². The van der Waals surface area contributed by atoms with E-state index in [1.807, 2.05) is 0 Å². The first-order chi connectivity index (χ1) is 6.30. The number of anilines is 1. The predicted octanol–water partition coefficient (Wildman–Crippen LogP) is 1.70. The molecular formula is C8H10F3N3. The highest BCUT2D eigenvalue weighted by atomic mass is 19.4. The second kappa shape index (κ2) is 3.45. The van der Waals surface area contributed by atoms with Crippen LogP contribution < -0.4 is 11.5 Å². The molecule has 78 valence electrons. The van der Waals surface area contributed by atoms with E-state index < -0.39 is 17.9 Å². The molecule has 0 spiro atoms. The highest BCUT2D eigenvalue weighted by molar-refractivity contribution is 5.37. The van der Waals surface area contributed by atoms with Gasteiger partial charge < -0.3 is 11.5 Å². The largest absolute Gasteiger partial charge is 0.433 e. The van der Waals surface area contributed by atoms with E-state index in [9.17, 15) is 13.2 Å². The Morgan fingerprint density at radius 2 is 1.93 bits per heavy atom. The minimum Gasteiger partial charge on any atom is -0.384 e. The van der Waals surface area contributed by atoms with Gasteiger partial charge in [0.2, 0.25) is 0 Å². The van der Waals surface area contributed by atoms with Crippen LogP contribution in [0.5, 0.6) is 0 Å². The minimum atomic E-state index is -4.49. The zero-order valence-electron chi connectivity index (χ0n) is 7.47. The lowest BCUT2D eigenvalue weighted by molar-refractivity contribution is -0.141. The average Bonchev–Trinajstić information content (AvgIpc) is 2.01. The number of pyridine rings is 1. The Hall–Kier alpha value is -1.30. The van der Waals surface area contributed by atoms with Crippen LogP contribution in [0.2, 0.25) is 0 Å². The van der Waals surface area contributed by atoms with Crippen molar-refractivity contribution in [1.29, 1.82) is 0 Å². The highest BCUT2D eigenvalue weighted by Crippen LogP contribution is 2.29. The van der Waals surface area contributed by atoms with E-state index in [4.69, 9.17) is 11.5 Å². The quantitative estimate of drug-likeness (QED) is 0.733. The van der Waals surface area contributed by atoms with Gasteiger partial charge in [-0.15, -0.1) is 0 Å². The molecule has 0 amide bonds. The lowest BCUT2D eigenvalue weighted by Crippen LogP contribution is -2.13. The molecule has 0 unspecified atom stereocenters. The summed E-state index contributed by atoms with van der Waals surface area (Å²) in [6, 6.07) is 1.74. The molecule has 0 aliphatic carbocycles. The molecule has 0 bridgehead atoms. The fraction of sp³-hybridized carbons (Fsp3) is 0.375. The number of nitrogens with zero attached hydrogens (tertiary/aromatic N) is 1. The fourth-order valence-corrected chi connectivity index (χ4v) is 0.982. The van der Waals surface area contributed by atoms with E-state index in [0.717, 1.165) is 6.07 Å². The zero-order valence-corrected chi connectivity index (χ0v) is 7.47. The maximum absolute atomic E-state index is 12.3. The van der Waals surface area contributed by atoms with Gasteiger partial charge in [-0.05, 0) is 24.6 Å². The van der Waals surface area contributed by atoms with Crippen molar-refractivity contribution in [3.05, 3.63) is 23.4 Å². The predicted molar refractivity (Wildman–Crippen MR) is 46.3 cm³/mol. The molecule has 0 radical (unpaired) electrons.